The van der Waals surface area contributed by atoms with Gasteiger partial charge in [0.2, 0.25) is 0 Å². The quantitative estimate of drug-likeness (QED) is 0.839. The summed E-state index contributed by atoms with van der Waals surface area (Å²) in [5.74, 6) is -0.376. The molecule has 4 nitrogen and oxygen atoms in total. The first-order valence-electron chi connectivity index (χ1n) is 7.43. The van der Waals surface area contributed by atoms with Crippen molar-refractivity contribution in [2.24, 2.45) is 0 Å². The van der Waals surface area contributed by atoms with Crippen LogP contribution < -0.4 is 4.90 Å². The average molecular weight is 362 g/mol. The average Bonchev–Trinajstić information content (AvgIpc) is 2.87. The van der Waals surface area contributed by atoms with Crippen LogP contribution in [0.3, 0.4) is 0 Å². The highest BCUT2D eigenvalue weighted by Gasteiger charge is 2.32. The van der Waals surface area contributed by atoms with Crippen molar-refractivity contribution in [1.82, 2.24) is 0 Å². The van der Waals surface area contributed by atoms with E-state index >= 15 is 0 Å². The minimum absolute atomic E-state index is 0.128. The lowest BCUT2D eigenvalue weighted by Gasteiger charge is -2.28. The maximum absolute atomic E-state index is 13.1. The van der Waals surface area contributed by atoms with E-state index in [-0.39, 0.29) is 11.7 Å². The number of carbonyl (C=O) groups is 1. The maximum atomic E-state index is 13.1. The number of carbonyl (C=O) groups excluding carboxylic acids is 1. The number of benzene rings is 2. The van der Waals surface area contributed by atoms with Crippen LogP contribution in [-0.2, 0) is 9.84 Å². The molecule has 2 aromatic rings. The van der Waals surface area contributed by atoms with Crippen molar-refractivity contribution in [3.63, 3.8) is 0 Å². The van der Waals surface area contributed by atoms with Gasteiger partial charge in [-0.1, -0.05) is 35.9 Å². The molecule has 0 N–H and O–H groups in total. The Balaban J connectivity index is 2.07. The molecule has 6 heteroatoms. The Bertz CT molecular complexity index is 921. The highest BCUT2D eigenvalue weighted by molar-refractivity contribution is 7.94. The molecular weight excluding hydrogens is 346 g/mol. The second-order valence-corrected chi connectivity index (χ2v) is 8.06. The summed E-state index contributed by atoms with van der Waals surface area (Å²) in [7, 11) is -3.29. The lowest BCUT2D eigenvalue weighted by molar-refractivity contribution is 0.0982. The van der Waals surface area contributed by atoms with Crippen LogP contribution in [0.25, 0.3) is 0 Å². The standard InChI is InChI=1S/C18H16ClNO3S/c1-13-5-2-3-8-17(13)18(21)20(15-7-4-6-14(19)11-15)16-9-10-24(22,23)12-16/h2-11,16H,12H2,1H3/t16-/m1/s1. The SMILES string of the molecule is Cc1ccccc1C(=O)N(c1cccc(Cl)c1)[C@@H]1C=CS(=O)(=O)C1. The summed E-state index contributed by atoms with van der Waals surface area (Å²) in [5, 5.41) is 1.65. The Labute approximate surface area is 146 Å². The van der Waals surface area contributed by atoms with E-state index in [1.54, 1.807) is 42.5 Å². The molecule has 1 aliphatic heterocycles. The van der Waals surface area contributed by atoms with Gasteiger partial charge in [-0.05, 0) is 42.8 Å². The monoisotopic (exact) mass is 361 g/mol. The van der Waals surface area contributed by atoms with Crippen LogP contribution in [0.4, 0.5) is 5.69 Å². The van der Waals surface area contributed by atoms with Gasteiger partial charge in [0.25, 0.3) is 5.91 Å². The van der Waals surface area contributed by atoms with Crippen molar-refractivity contribution < 1.29 is 13.2 Å². The van der Waals surface area contributed by atoms with Gasteiger partial charge in [0, 0.05) is 21.7 Å². The van der Waals surface area contributed by atoms with Crippen LogP contribution in [0, 0.1) is 6.92 Å². The van der Waals surface area contributed by atoms with E-state index in [9.17, 15) is 13.2 Å². The van der Waals surface area contributed by atoms with Crippen LogP contribution in [0.1, 0.15) is 15.9 Å². The smallest absolute Gasteiger partial charge is 0.259 e. The number of amides is 1. The fraction of sp³-hybridized carbons (Fsp3) is 0.167. The van der Waals surface area contributed by atoms with E-state index in [4.69, 9.17) is 11.6 Å². The lowest BCUT2D eigenvalue weighted by atomic mass is 10.1. The zero-order valence-electron chi connectivity index (χ0n) is 13.0. The fourth-order valence-corrected chi connectivity index (χ4v) is 4.20. The van der Waals surface area contributed by atoms with Crippen molar-refractivity contribution in [2.75, 3.05) is 10.7 Å². The van der Waals surface area contributed by atoms with Gasteiger partial charge in [-0.3, -0.25) is 4.79 Å². The van der Waals surface area contributed by atoms with Crippen molar-refractivity contribution in [1.29, 1.82) is 0 Å². The van der Waals surface area contributed by atoms with Crippen molar-refractivity contribution in [2.45, 2.75) is 13.0 Å². The summed E-state index contributed by atoms with van der Waals surface area (Å²) < 4.78 is 23.6. The molecule has 1 atom stereocenters. The van der Waals surface area contributed by atoms with Crippen molar-refractivity contribution in [3.05, 3.63) is 76.2 Å². The predicted octanol–water partition coefficient (Wildman–Crippen LogP) is 3.61. The van der Waals surface area contributed by atoms with Gasteiger partial charge < -0.3 is 4.90 Å². The highest BCUT2D eigenvalue weighted by Crippen LogP contribution is 2.27. The van der Waals surface area contributed by atoms with Gasteiger partial charge in [-0.25, -0.2) is 8.42 Å². The van der Waals surface area contributed by atoms with E-state index in [0.29, 0.717) is 16.3 Å². The van der Waals surface area contributed by atoms with Gasteiger partial charge in [-0.15, -0.1) is 0 Å². The molecule has 0 unspecified atom stereocenters. The van der Waals surface area contributed by atoms with Crippen molar-refractivity contribution >= 4 is 33.0 Å². The number of hydrogen-bond acceptors (Lipinski definition) is 3. The number of sulfone groups is 1. The first-order valence-corrected chi connectivity index (χ1v) is 9.52. The molecule has 1 heterocycles. The van der Waals surface area contributed by atoms with Gasteiger partial charge in [-0.2, -0.15) is 0 Å². The molecule has 0 saturated heterocycles. The number of hydrogen-bond donors (Lipinski definition) is 0. The van der Waals surface area contributed by atoms with Crippen LogP contribution >= 0.6 is 11.6 Å². The zero-order valence-corrected chi connectivity index (χ0v) is 14.6. The Hall–Kier alpha value is -2.11. The molecule has 0 aromatic heterocycles. The topological polar surface area (TPSA) is 54.5 Å². The summed E-state index contributed by atoms with van der Waals surface area (Å²) in [6.07, 6.45) is 1.55. The molecule has 1 amide bonds. The Kier molecular flexibility index (Phi) is 4.47. The number of aryl methyl sites for hydroxylation is 1. The summed E-state index contributed by atoms with van der Waals surface area (Å²) in [4.78, 5) is 14.6. The van der Waals surface area contributed by atoms with Crippen molar-refractivity contribution in [3.8, 4) is 0 Å². The Morgan fingerprint density at radius 3 is 2.54 bits per heavy atom. The Morgan fingerprint density at radius 1 is 1.17 bits per heavy atom. The van der Waals surface area contributed by atoms with E-state index in [2.05, 4.69) is 0 Å². The molecule has 0 bridgehead atoms. The van der Waals surface area contributed by atoms with Gasteiger partial charge in [0.1, 0.15) is 0 Å². The first-order chi connectivity index (χ1) is 11.4. The number of anilines is 1. The fourth-order valence-electron chi connectivity index (χ4n) is 2.75. The zero-order chi connectivity index (χ0) is 17.3. The minimum Gasteiger partial charge on any atom is -0.300 e. The van der Waals surface area contributed by atoms with Gasteiger partial charge >= 0.3 is 0 Å². The van der Waals surface area contributed by atoms with Gasteiger partial charge in [0.05, 0.1) is 11.8 Å². The largest absolute Gasteiger partial charge is 0.300 e. The summed E-state index contributed by atoms with van der Waals surface area (Å²) in [5.41, 5.74) is 1.94. The second-order valence-electron chi connectivity index (χ2n) is 5.70. The molecule has 0 spiro atoms. The van der Waals surface area contributed by atoms with E-state index < -0.39 is 15.9 Å². The lowest BCUT2D eigenvalue weighted by Crippen LogP contribution is -2.41. The molecule has 0 fully saturated rings. The van der Waals surface area contributed by atoms with Crippen LogP contribution in [0.5, 0.6) is 0 Å². The molecular formula is C18H16ClNO3S. The van der Waals surface area contributed by atoms with E-state index in [1.807, 2.05) is 19.1 Å². The van der Waals surface area contributed by atoms with Crippen LogP contribution in [-0.4, -0.2) is 26.1 Å². The molecule has 0 saturated carbocycles. The summed E-state index contributed by atoms with van der Waals surface area (Å²) >= 11 is 6.06. The normalized spacial score (nSPS) is 18.5. The molecule has 0 radical (unpaired) electrons. The first kappa shape index (κ1) is 16.7. The Morgan fingerprint density at radius 2 is 1.92 bits per heavy atom. The minimum atomic E-state index is -3.29. The predicted molar refractivity (Wildman–Crippen MR) is 96.2 cm³/mol. The second kappa shape index (κ2) is 6.42. The number of nitrogens with zero attached hydrogens (tertiary/aromatic N) is 1. The molecule has 2 aromatic carbocycles. The molecule has 3 rings (SSSR count). The molecule has 124 valence electrons. The van der Waals surface area contributed by atoms with E-state index in [0.717, 1.165) is 5.56 Å². The third kappa shape index (κ3) is 3.37. The van der Waals surface area contributed by atoms with Crippen LogP contribution in [0.15, 0.2) is 60.0 Å². The third-order valence-corrected chi connectivity index (χ3v) is 5.54. The van der Waals surface area contributed by atoms with Gasteiger partial charge in [0.15, 0.2) is 9.84 Å². The summed E-state index contributed by atoms with van der Waals surface area (Å²) in [6.45, 7) is 1.85. The number of rotatable bonds is 3. The van der Waals surface area contributed by atoms with E-state index in [1.165, 1.54) is 10.3 Å². The third-order valence-electron chi connectivity index (χ3n) is 3.92. The maximum Gasteiger partial charge on any atom is 0.259 e. The number of halogens is 1. The molecule has 1 aliphatic rings. The molecule has 0 aliphatic carbocycles. The molecule has 24 heavy (non-hydrogen) atoms. The summed E-state index contributed by atoms with van der Waals surface area (Å²) in [6, 6.07) is 13.5. The van der Waals surface area contributed by atoms with Crippen LogP contribution in [0.2, 0.25) is 5.02 Å². The highest BCUT2D eigenvalue weighted by atomic mass is 35.5.